The van der Waals surface area contributed by atoms with Crippen LogP contribution in [0.4, 0.5) is 0 Å². The molecule has 2 saturated heterocycles. The molecule has 0 saturated carbocycles. The Labute approximate surface area is 155 Å². The van der Waals surface area contributed by atoms with E-state index >= 15 is 0 Å². The van der Waals surface area contributed by atoms with Crippen LogP contribution in [-0.4, -0.2) is 66.7 Å². The number of piperazine rings is 1. The first-order valence-electron chi connectivity index (χ1n) is 9.00. The van der Waals surface area contributed by atoms with Crippen LogP contribution in [-0.2, 0) is 25.8 Å². The minimum absolute atomic E-state index is 0.0283. The number of hydrogen-bond acceptors (Lipinski definition) is 4. The lowest BCUT2D eigenvalue weighted by Gasteiger charge is -2.43. The zero-order chi connectivity index (χ0) is 19.1. The van der Waals surface area contributed by atoms with E-state index in [1.165, 1.54) is 18.1 Å². The average molecular weight is 378 g/mol. The van der Waals surface area contributed by atoms with Crippen LogP contribution < -0.4 is 0 Å². The molecular weight excluding hydrogens is 352 g/mol. The van der Waals surface area contributed by atoms with E-state index in [-0.39, 0.29) is 23.3 Å². The van der Waals surface area contributed by atoms with E-state index in [0.717, 1.165) is 5.56 Å². The minimum atomic E-state index is -3.23. The maximum absolute atomic E-state index is 12.8. The Bertz CT molecular complexity index is 814. The van der Waals surface area contributed by atoms with Crippen molar-refractivity contribution in [2.75, 3.05) is 24.6 Å². The van der Waals surface area contributed by atoms with E-state index in [0.29, 0.717) is 25.9 Å². The maximum atomic E-state index is 12.8. The topological polar surface area (TPSA) is 74.8 Å². The van der Waals surface area contributed by atoms with Gasteiger partial charge in [0.15, 0.2) is 9.84 Å². The minimum Gasteiger partial charge on any atom is -0.335 e. The van der Waals surface area contributed by atoms with Gasteiger partial charge in [0.25, 0.3) is 0 Å². The Hall–Kier alpha value is -1.89. The summed E-state index contributed by atoms with van der Waals surface area (Å²) in [6, 6.07) is 5.44. The molecule has 2 atom stereocenters. The summed E-state index contributed by atoms with van der Waals surface area (Å²) in [6.07, 6.45) is 0.991. The van der Waals surface area contributed by atoms with Gasteiger partial charge in [-0.3, -0.25) is 9.59 Å². The van der Waals surface area contributed by atoms with Crippen molar-refractivity contribution >= 4 is 21.7 Å². The lowest BCUT2D eigenvalue weighted by molar-refractivity contribution is -0.144. The van der Waals surface area contributed by atoms with Crippen LogP contribution >= 0.6 is 0 Å². The fourth-order valence-electron chi connectivity index (χ4n) is 4.26. The fourth-order valence-corrected chi connectivity index (χ4v) is 6.24. The molecule has 0 spiro atoms. The molecule has 1 aromatic carbocycles. The molecule has 0 unspecified atom stereocenters. The summed E-state index contributed by atoms with van der Waals surface area (Å²) in [5, 5.41) is 0. The molecule has 0 N–H and O–H groups in total. The SMILES string of the molecule is CC(=O)N1CCN(C(=O)CCc2cc(C)cc(C)c2)[C@@H]2CS(=O)(=O)C[C@@H]21. The molecule has 2 heterocycles. The first-order chi connectivity index (χ1) is 12.2. The van der Waals surface area contributed by atoms with E-state index in [4.69, 9.17) is 0 Å². The van der Waals surface area contributed by atoms with E-state index < -0.39 is 21.9 Å². The van der Waals surface area contributed by atoms with Gasteiger partial charge in [0, 0.05) is 26.4 Å². The van der Waals surface area contributed by atoms with E-state index in [2.05, 4.69) is 18.2 Å². The summed E-state index contributed by atoms with van der Waals surface area (Å²) in [4.78, 5) is 27.9. The Morgan fingerprint density at radius 2 is 1.54 bits per heavy atom. The number of carbonyl (C=O) groups is 2. The van der Waals surface area contributed by atoms with E-state index in [9.17, 15) is 18.0 Å². The highest BCUT2D eigenvalue weighted by Gasteiger charge is 2.48. The summed E-state index contributed by atoms with van der Waals surface area (Å²) in [6.45, 7) is 6.34. The van der Waals surface area contributed by atoms with Gasteiger partial charge in [0.1, 0.15) is 0 Å². The Balaban J connectivity index is 1.72. The molecule has 142 valence electrons. The monoisotopic (exact) mass is 378 g/mol. The Kier molecular flexibility index (Phi) is 5.10. The number of sulfone groups is 1. The zero-order valence-electron chi connectivity index (χ0n) is 15.6. The van der Waals surface area contributed by atoms with Crippen molar-refractivity contribution in [3.63, 3.8) is 0 Å². The van der Waals surface area contributed by atoms with Gasteiger partial charge in [-0.1, -0.05) is 29.3 Å². The summed E-state index contributed by atoms with van der Waals surface area (Å²) >= 11 is 0. The molecule has 2 aliphatic rings. The summed E-state index contributed by atoms with van der Waals surface area (Å²) < 4.78 is 24.2. The predicted octanol–water partition coefficient (Wildman–Crippen LogP) is 1.09. The molecule has 0 aromatic heterocycles. The van der Waals surface area contributed by atoms with Crippen LogP contribution in [0.5, 0.6) is 0 Å². The molecular formula is C19H26N2O4S. The number of amides is 2. The summed E-state index contributed by atoms with van der Waals surface area (Å²) in [7, 11) is -3.23. The van der Waals surface area contributed by atoms with Crippen LogP contribution in [0, 0.1) is 13.8 Å². The van der Waals surface area contributed by atoms with E-state index in [1.807, 2.05) is 13.8 Å². The van der Waals surface area contributed by atoms with Crippen molar-refractivity contribution in [2.45, 2.75) is 45.7 Å². The van der Waals surface area contributed by atoms with Crippen LogP contribution in [0.3, 0.4) is 0 Å². The largest absolute Gasteiger partial charge is 0.335 e. The molecule has 6 nitrogen and oxygen atoms in total. The van der Waals surface area contributed by atoms with Crippen molar-refractivity contribution in [3.05, 3.63) is 34.9 Å². The third-order valence-corrected chi connectivity index (χ3v) is 7.01. The molecule has 1 aromatic rings. The molecule has 3 rings (SSSR count). The number of benzene rings is 1. The molecule has 0 radical (unpaired) electrons. The number of aryl methyl sites for hydroxylation is 3. The van der Waals surface area contributed by atoms with Gasteiger partial charge in [0.2, 0.25) is 11.8 Å². The number of carbonyl (C=O) groups excluding carboxylic acids is 2. The van der Waals surface area contributed by atoms with Gasteiger partial charge in [-0.05, 0) is 25.8 Å². The van der Waals surface area contributed by atoms with Crippen molar-refractivity contribution < 1.29 is 18.0 Å². The average Bonchev–Trinajstić information content (AvgIpc) is 2.85. The quantitative estimate of drug-likeness (QED) is 0.789. The van der Waals surface area contributed by atoms with Crippen molar-refractivity contribution in [1.82, 2.24) is 9.80 Å². The van der Waals surface area contributed by atoms with Crippen LogP contribution in [0.2, 0.25) is 0 Å². The van der Waals surface area contributed by atoms with Gasteiger partial charge in [0.05, 0.1) is 23.6 Å². The fraction of sp³-hybridized carbons (Fsp3) is 0.579. The normalized spacial score (nSPS) is 24.4. The lowest BCUT2D eigenvalue weighted by Crippen LogP contribution is -2.61. The standard InChI is InChI=1S/C19H26N2O4S/c1-13-8-14(2)10-16(9-13)4-5-19(23)21-7-6-20(15(3)22)17-11-26(24,25)12-18(17)21/h8-10,17-18H,4-7,11-12H2,1-3H3/t17-,18+/m0/s1. The highest BCUT2D eigenvalue weighted by Crippen LogP contribution is 2.28. The Morgan fingerprint density at radius 1 is 1.00 bits per heavy atom. The highest BCUT2D eigenvalue weighted by molar-refractivity contribution is 7.91. The smallest absolute Gasteiger partial charge is 0.223 e. The second kappa shape index (κ2) is 7.02. The van der Waals surface area contributed by atoms with Crippen molar-refractivity contribution in [3.8, 4) is 0 Å². The van der Waals surface area contributed by atoms with Gasteiger partial charge < -0.3 is 9.80 Å². The predicted molar refractivity (Wildman–Crippen MR) is 99.6 cm³/mol. The molecule has 0 aliphatic carbocycles. The molecule has 2 aliphatic heterocycles. The van der Waals surface area contributed by atoms with Crippen molar-refractivity contribution in [1.29, 1.82) is 0 Å². The van der Waals surface area contributed by atoms with Crippen LogP contribution in [0.15, 0.2) is 18.2 Å². The van der Waals surface area contributed by atoms with E-state index in [1.54, 1.807) is 9.80 Å². The van der Waals surface area contributed by atoms with Crippen LogP contribution in [0.1, 0.15) is 30.0 Å². The van der Waals surface area contributed by atoms with Gasteiger partial charge in [-0.25, -0.2) is 8.42 Å². The van der Waals surface area contributed by atoms with Crippen molar-refractivity contribution in [2.24, 2.45) is 0 Å². The second-order valence-corrected chi connectivity index (χ2v) is 9.66. The molecule has 2 fully saturated rings. The second-order valence-electron chi connectivity index (χ2n) is 7.51. The number of hydrogen-bond donors (Lipinski definition) is 0. The molecule has 7 heteroatoms. The summed E-state index contributed by atoms with van der Waals surface area (Å²) in [5.41, 5.74) is 3.46. The first kappa shape index (κ1) is 18.9. The van der Waals surface area contributed by atoms with Gasteiger partial charge in [-0.2, -0.15) is 0 Å². The molecule has 2 amide bonds. The van der Waals surface area contributed by atoms with Crippen LogP contribution in [0.25, 0.3) is 0 Å². The molecule has 0 bridgehead atoms. The zero-order valence-corrected chi connectivity index (χ0v) is 16.4. The third-order valence-electron chi connectivity index (χ3n) is 5.31. The Morgan fingerprint density at radius 3 is 2.12 bits per heavy atom. The first-order valence-corrected chi connectivity index (χ1v) is 10.8. The number of fused-ring (bicyclic) bond motifs is 1. The summed E-state index contributed by atoms with van der Waals surface area (Å²) in [5.74, 6) is -0.242. The molecule has 26 heavy (non-hydrogen) atoms. The number of nitrogens with zero attached hydrogens (tertiary/aromatic N) is 2. The lowest BCUT2D eigenvalue weighted by atomic mass is 10.0. The highest BCUT2D eigenvalue weighted by atomic mass is 32.2. The van der Waals surface area contributed by atoms with Gasteiger partial charge >= 0.3 is 0 Å². The van der Waals surface area contributed by atoms with Gasteiger partial charge in [-0.15, -0.1) is 0 Å². The maximum Gasteiger partial charge on any atom is 0.223 e. The number of rotatable bonds is 3. The third kappa shape index (κ3) is 3.92.